The van der Waals surface area contributed by atoms with Crippen molar-refractivity contribution in [2.45, 2.75) is 18.6 Å². The van der Waals surface area contributed by atoms with E-state index in [0.29, 0.717) is 10.9 Å². The van der Waals surface area contributed by atoms with Crippen LogP contribution in [0.25, 0.3) is 5.65 Å². The topological polar surface area (TPSA) is 75.3 Å². The molecule has 0 bridgehead atoms. The van der Waals surface area contributed by atoms with Crippen LogP contribution in [-0.2, 0) is 6.18 Å². The van der Waals surface area contributed by atoms with Gasteiger partial charge in [0.05, 0.1) is 6.04 Å². The molecule has 0 aliphatic rings. The van der Waals surface area contributed by atoms with E-state index in [4.69, 9.17) is 0 Å². The zero-order valence-corrected chi connectivity index (χ0v) is 14.3. The van der Waals surface area contributed by atoms with Gasteiger partial charge in [0.15, 0.2) is 5.65 Å². The van der Waals surface area contributed by atoms with Crippen molar-refractivity contribution in [2.75, 3.05) is 11.9 Å². The molecule has 10 heteroatoms. The lowest BCUT2D eigenvalue weighted by molar-refractivity contribution is -0.146. The SMILES string of the molecule is OCCC(Nc1ccc2nnc(C(F)(F)F)n2n1)c1ccccc1Br. The number of benzene rings is 1. The molecule has 0 aliphatic heterocycles. The largest absolute Gasteiger partial charge is 0.453 e. The van der Waals surface area contributed by atoms with Crippen LogP contribution in [0, 0.1) is 0 Å². The molecule has 2 aromatic heterocycles. The van der Waals surface area contributed by atoms with Crippen LogP contribution in [0.3, 0.4) is 0 Å². The first-order valence-electron chi connectivity index (χ1n) is 7.31. The highest BCUT2D eigenvalue weighted by atomic mass is 79.9. The van der Waals surface area contributed by atoms with Gasteiger partial charge in [-0.3, -0.25) is 0 Å². The molecular formula is C15H13BrF3N5O. The van der Waals surface area contributed by atoms with Crippen molar-refractivity contribution in [3.8, 4) is 0 Å². The molecule has 1 aromatic carbocycles. The minimum Gasteiger partial charge on any atom is -0.396 e. The van der Waals surface area contributed by atoms with E-state index in [-0.39, 0.29) is 24.1 Å². The van der Waals surface area contributed by atoms with Gasteiger partial charge in [-0.25, -0.2) is 0 Å². The molecule has 2 N–H and O–H groups in total. The Labute approximate surface area is 148 Å². The first-order chi connectivity index (χ1) is 11.9. The summed E-state index contributed by atoms with van der Waals surface area (Å²) in [6, 6.07) is 9.97. The highest BCUT2D eigenvalue weighted by Crippen LogP contribution is 2.30. The van der Waals surface area contributed by atoms with E-state index in [0.717, 1.165) is 10.0 Å². The second-order valence-corrected chi connectivity index (χ2v) is 6.09. The van der Waals surface area contributed by atoms with E-state index < -0.39 is 12.0 Å². The Kier molecular flexibility index (Phi) is 4.91. The molecule has 2 heterocycles. The molecule has 0 spiro atoms. The normalized spacial score (nSPS) is 13.2. The lowest BCUT2D eigenvalue weighted by Gasteiger charge is -2.20. The number of alkyl halides is 3. The van der Waals surface area contributed by atoms with Gasteiger partial charge >= 0.3 is 6.18 Å². The third kappa shape index (κ3) is 3.74. The summed E-state index contributed by atoms with van der Waals surface area (Å²) in [5, 5.41) is 22.9. The number of aromatic nitrogens is 4. The number of hydrogen-bond donors (Lipinski definition) is 2. The average molecular weight is 416 g/mol. The number of anilines is 1. The Balaban J connectivity index is 1.96. The van der Waals surface area contributed by atoms with Gasteiger partial charge in [0.25, 0.3) is 5.82 Å². The summed E-state index contributed by atoms with van der Waals surface area (Å²) in [6.45, 7) is -0.0956. The number of nitrogens with zero attached hydrogens (tertiary/aromatic N) is 4. The molecule has 3 rings (SSSR count). The number of aliphatic hydroxyl groups is 1. The van der Waals surface area contributed by atoms with Crippen molar-refractivity contribution >= 4 is 27.4 Å². The molecule has 1 atom stereocenters. The minimum absolute atomic E-state index is 0.00234. The number of halogens is 4. The molecule has 132 valence electrons. The van der Waals surface area contributed by atoms with E-state index in [1.807, 2.05) is 24.3 Å². The maximum absolute atomic E-state index is 13.0. The second-order valence-electron chi connectivity index (χ2n) is 5.24. The van der Waals surface area contributed by atoms with Gasteiger partial charge < -0.3 is 10.4 Å². The van der Waals surface area contributed by atoms with E-state index in [1.165, 1.54) is 12.1 Å². The fourth-order valence-electron chi connectivity index (χ4n) is 2.41. The number of rotatable bonds is 5. The van der Waals surface area contributed by atoms with Crippen molar-refractivity contribution in [1.82, 2.24) is 19.8 Å². The Morgan fingerprint density at radius 3 is 2.60 bits per heavy atom. The van der Waals surface area contributed by atoms with Crippen molar-refractivity contribution in [3.05, 3.63) is 52.3 Å². The van der Waals surface area contributed by atoms with Crippen molar-refractivity contribution in [1.29, 1.82) is 0 Å². The highest BCUT2D eigenvalue weighted by molar-refractivity contribution is 9.10. The van der Waals surface area contributed by atoms with Crippen LogP contribution in [0.1, 0.15) is 23.9 Å². The van der Waals surface area contributed by atoms with Gasteiger partial charge in [-0.1, -0.05) is 34.1 Å². The van der Waals surface area contributed by atoms with Crippen molar-refractivity contribution < 1.29 is 18.3 Å². The summed E-state index contributed by atoms with van der Waals surface area (Å²) < 4.78 is 40.4. The van der Waals surface area contributed by atoms with Crippen LogP contribution in [0.4, 0.5) is 19.0 Å². The van der Waals surface area contributed by atoms with E-state index in [2.05, 4.69) is 36.5 Å². The molecule has 3 aromatic rings. The van der Waals surface area contributed by atoms with Crippen LogP contribution in [0.15, 0.2) is 40.9 Å². The molecule has 6 nitrogen and oxygen atoms in total. The number of hydrogen-bond acceptors (Lipinski definition) is 5. The molecule has 0 saturated carbocycles. The van der Waals surface area contributed by atoms with Gasteiger partial charge in [-0.2, -0.15) is 17.7 Å². The molecule has 1 unspecified atom stereocenters. The fourth-order valence-corrected chi connectivity index (χ4v) is 2.97. The van der Waals surface area contributed by atoms with E-state index in [1.54, 1.807) is 0 Å². The van der Waals surface area contributed by atoms with Crippen LogP contribution < -0.4 is 5.32 Å². The van der Waals surface area contributed by atoms with E-state index >= 15 is 0 Å². The lowest BCUT2D eigenvalue weighted by atomic mass is 10.0. The summed E-state index contributed by atoms with van der Waals surface area (Å²) in [5.74, 6) is -0.974. The quantitative estimate of drug-likeness (QED) is 0.667. The Hall–Kier alpha value is -2.20. The van der Waals surface area contributed by atoms with Crippen LogP contribution in [-0.4, -0.2) is 31.5 Å². The van der Waals surface area contributed by atoms with Crippen LogP contribution in [0.5, 0.6) is 0 Å². The summed E-state index contributed by atoms with van der Waals surface area (Å²) in [5.41, 5.74) is 0.857. The van der Waals surface area contributed by atoms with Crippen molar-refractivity contribution in [2.24, 2.45) is 0 Å². The average Bonchev–Trinajstić information content (AvgIpc) is 2.98. The molecular weight excluding hydrogens is 403 g/mol. The molecule has 0 amide bonds. The van der Waals surface area contributed by atoms with Gasteiger partial charge in [-0.15, -0.1) is 15.3 Å². The fraction of sp³-hybridized carbons (Fsp3) is 0.267. The van der Waals surface area contributed by atoms with E-state index in [9.17, 15) is 18.3 Å². The molecule has 0 saturated heterocycles. The zero-order valence-electron chi connectivity index (χ0n) is 12.7. The minimum atomic E-state index is -4.65. The standard InChI is InChI=1S/C15H13BrF3N5O/c16-10-4-2-1-3-9(10)11(7-8-25)20-12-5-6-13-21-22-14(15(17,18)19)24(13)23-12/h1-6,11,25H,7-8H2,(H,20,23). The zero-order chi connectivity index (χ0) is 18.0. The predicted molar refractivity (Wildman–Crippen MR) is 88.0 cm³/mol. The number of fused-ring (bicyclic) bond motifs is 1. The summed E-state index contributed by atoms with van der Waals surface area (Å²) >= 11 is 3.44. The predicted octanol–water partition coefficient (Wildman–Crippen LogP) is 3.44. The Bertz CT molecular complexity index is 883. The van der Waals surface area contributed by atoms with Crippen LogP contribution in [0.2, 0.25) is 0 Å². The smallest absolute Gasteiger partial charge is 0.396 e. The summed E-state index contributed by atoms with van der Waals surface area (Å²) in [4.78, 5) is 0. The number of nitrogens with one attached hydrogen (secondary N) is 1. The summed E-state index contributed by atoms with van der Waals surface area (Å²) in [6.07, 6.45) is -4.30. The first kappa shape index (κ1) is 17.6. The molecule has 0 aliphatic carbocycles. The lowest BCUT2D eigenvalue weighted by Crippen LogP contribution is -2.16. The van der Waals surface area contributed by atoms with Gasteiger partial charge in [-0.05, 0) is 30.2 Å². The van der Waals surface area contributed by atoms with Gasteiger partial charge in [0.2, 0.25) is 0 Å². The van der Waals surface area contributed by atoms with Crippen molar-refractivity contribution in [3.63, 3.8) is 0 Å². The van der Waals surface area contributed by atoms with Gasteiger partial charge in [0, 0.05) is 11.1 Å². The monoisotopic (exact) mass is 415 g/mol. The third-order valence-corrected chi connectivity index (χ3v) is 4.26. The third-order valence-electron chi connectivity index (χ3n) is 3.54. The number of aliphatic hydroxyl groups excluding tert-OH is 1. The maximum atomic E-state index is 13.0. The van der Waals surface area contributed by atoms with Gasteiger partial charge in [0.1, 0.15) is 5.82 Å². The molecule has 0 radical (unpaired) electrons. The Morgan fingerprint density at radius 1 is 1.16 bits per heavy atom. The second kappa shape index (κ2) is 6.96. The first-order valence-corrected chi connectivity index (χ1v) is 8.11. The maximum Gasteiger partial charge on any atom is 0.453 e. The summed E-state index contributed by atoms with van der Waals surface area (Å²) in [7, 11) is 0. The molecule has 25 heavy (non-hydrogen) atoms. The molecule has 0 fully saturated rings. The highest BCUT2D eigenvalue weighted by Gasteiger charge is 2.37. The van der Waals surface area contributed by atoms with Crippen LogP contribution >= 0.6 is 15.9 Å². The Morgan fingerprint density at radius 2 is 1.92 bits per heavy atom.